The van der Waals surface area contributed by atoms with E-state index in [2.05, 4.69) is 25.6 Å². The molecule has 0 N–H and O–H groups in total. The van der Waals surface area contributed by atoms with E-state index in [0.717, 1.165) is 17.7 Å². The molecular weight excluding hydrogens is 138 g/mol. The van der Waals surface area contributed by atoms with Gasteiger partial charge in [-0.3, -0.25) is 0 Å². The van der Waals surface area contributed by atoms with E-state index < -0.39 is 0 Å². The van der Waals surface area contributed by atoms with E-state index >= 15 is 0 Å². The van der Waals surface area contributed by atoms with E-state index in [-0.39, 0.29) is 0 Å². The third-order valence-corrected chi connectivity index (χ3v) is 1.50. The van der Waals surface area contributed by atoms with Crippen LogP contribution in [0.25, 0.3) is 6.08 Å². The van der Waals surface area contributed by atoms with Gasteiger partial charge in [0.2, 0.25) is 0 Å². The molecule has 0 bridgehead atoms. The molecule has 2 heteroatoms. The highest BCUT2D eigenvalue weighted by Gasteiger charge is 2.05. The second kappa shape index (κ2) is 3.37. The van der Waals surface area contributed by atoms with Gasteiger partial charge in [0.05, 0.1) is 0 Å². The molecule has 0 saturated carbocycles. The van der Waals surface area contributed by atoms with Crippen LogP contribution in [-0.2, 0) is 6.42 Å². The molecule has 0 spiro atoms. The zero-order valence-corrected chi connectivity index (χ0v) is 7.00. The lowest BCUT2D eigenvalue weighted by Gasteiger charge is -2.00. The fourth-order valence-corrected chi connectivity index (χ4v) is 1.03. The second-order valence-electron chi connectivity index (χ2n) is 3.03. The summed E-state index contributed by atoms with van der Waals surface area (Å²) in [7, 11) is 0. The highest BCUT2D eigenvalue weighted by Crippen LogP contribution is 2.12. The summed E-state index contributed by atoms with van der Waals surface area (Å²) >= 11 is 0. The topological polar surface area (TPSA) is 26.0 Å². The first-order valence-electron chi connectivity index (χ1n) is 3.79. The van der Waals surface area contributed by atoms with Crippen LogP contribution in [0.15, 0.2) is 17.4 Å². The lowest BCUT2D eigenvalue weighted by molar-refractivity contribution is 0.417. The van der Waals surface area contributed by atoms with Crippen LogP contribution in [0, 0.1) is 5.92 Å². The Morgan fingerprint density at radius 2 is 2.45 bits per heavy atom. The predicted molar refractivity (Wildman–Crippen MR) is 45.1 cm³/mol. The maximum absolute atomic E-state index is 4.82. The molecule has 2 nitrogen and oxygen atoms in total. The van der Waals surface area contributed by atoms with Gasteiger partial charge in [-0.05, 0) is 18.4 Å². The van der Waals surface area contributed by atoms with Crippen molar-refractivity contribution in [3.63, 3.8) is 0 Å². The van der Waals surface area contributed by atoms with Crippen LogP contribution in [0.3, 0.4) is 0 Å². The summed E-state index contributed by atoms with van der Waals surface area (Å²) in [6.45, 7) is 7.98. The van der Waals surface area contributed by atoms with Crippen LogP contribution in [0.4, 0.5) is 0 Å². The number of nitrogens with zero attached hydrogens (tertiary/aromatic N) is 1. The van der Waals surface area contributed by atoms with Gasteiger partial charge in [0.1, 0.15) is 12.0 Å². The highest BCUT2D eigenvalue weighted by molar-refractivity contribution is 5.45. The summed E-state index contributed by atoms with van der Waals surface area (Å²) in [5, 5.41) is 3.79. The molecule has 1 aromatic rings. The Kier molecular flexibility index (Phi) is 2.47. The monoisotopic (exact) mass is 151 g/mol. The summed E-state index contributed by atoms with van der Waals surface area (Å²) in [4.78, 5) is 0. The molecule has 0 aromatic carbocycles. The minimum Gasteiger partial charge on any atom is -0.364 e. The van der Waals surface area contributed by atoms with Crippen molar-refractivity contribution in [2.75, 3.05) is 0 Å². The molecule has 1 rings (SSSR count). The molecule has 0 atom stereocenters. The molecule has 1 heterocycles. The third kappa shape index (κ3) is 1.93. The van der Waals surface area contributed by atoms with Crippen LogP contribution in [0.5, 0.6) is 0 Å². The summed E-state index contributed by atoms with van der Waals surface area (Å²) in [6, 6.07) is 0. The first-order valence-corrected chi connectivity index (χ1v) is 3.79. The van der Waals surface area contributed by atoms with Crippen molar-refractivity contribution in [2.45, 2.75) is 20.3 Å². The van der Waals surface area contributed by atoms with Crippen molar-refractivity contribution in [3.05, 3.63) is 24.1 Å². The van der Waals surface area contributed by atoms with Gasteiger partial charge in [0.15, 0.2) is 0 Å². The van der Waals surface area contributed by atoms with Gasteiger partial charge < -0.3 is 4.52 Å². The number of aromatic nitrogens is 1. The Balaban J connectivity index is 2.76. The highest BCUT2D eigenvalue weighted by atomic mass is 16.5. The summed E-state index contributed by atoms with van der Waals surface area (Å²) in [5.41, 5.74) is 2.02. The van der Waals surface area contributed by atoms with E-state index in [4.69, 9.17) is 4.52 Å². The SMILES string of the molecule is C=Cc1nocc1CC(C)C. The fraction of sp³-hybridized carbons (Fsp3) is 0.444. The van der Waals surface area contributed by atoms with Crippen LogP contribution in [0.2, 0.25) is 0 Å². The predicted octanol–water partition coefficient (Wildman–Crippen LogP) is 2.52. The molecule has 0 radical (unpaired) electrons. The molecule has 1 aromatic heterocycles. The molecule has 0 amide bonds. The summed E-state index contributed by atoms with van der Waals surface area (Å²) in [5.74, 6) is 0.632. The Morgan fingerprint density at radius 1 is 1.73 bits per heavy atom. The largest absolute Gasteiger partial charge is 0.364 e. The van der Waals surface area contributed by atoms with Gasteiger partial charge in [0, 0.05) is 5.56 Å². The van der Waals surface area contributed by atoms with Gasteiger partial charge in [-0.15, -0.1) is 0 Å². The smallest absolute Gasteiger partial charge is 0.127 e. The number of hydrogen-bond acceptors (Lipinski definition) is 2. The van der Waals surface area contributed by atoms with Crippen LogP contribution in [-0.4, -0.2) is 5.16 Å². The van der Waals surface area contributed by atoms with Crippen molar-refractivity contribution in [1.82, 2.24) is 5.16 Å². The Labute approximate surface area is 66.9 Å². The van der Waals surface area contributed by atoms with Crippen molar-refractivity contribution in [2.24, 2.45) is 5.92 Å². The van der Waals surface area contributed by atoms with Crippen molar-refractivity contribution in [3.8, 4) is 0 Å². The van der Waals surface area contributed by atoms with Gasteiger partial charge in [-0.25, -0.2) is 0 Å². The van der Waals surface area contributed by atoms with E-state index in [0.29, 0.717) is 5.92 Å². The number of hydrogen-bond donors (Lipinski definition) is 0. The third-order valence-electron chi connectivity index (χ3n) is 1.50. The van der Waals surface area contributed by atoms with Gasteiger partial charge in [-0.2, -0.15) is 0 Å². The van der Waals surface area contributed by atoms with Crippen molar-refractivity contribution < 1.29 is 4.52 Å². The van der Waals surface area contributed by atoms with E-state index in [9.17, 15) is 0 Å². The Hall–Kier alpha value is -1.05. The minimum atomic E-state index is 0.632. The molecule has 0 aliphatic carbocycles. The molecule has 0 saturated heterocycles. The Morgan fingerprint density at radius 3 is 3.00 bits per heavy atom. The van der Waals surface area contributed by atoms with Crippen LogP contribution < -0.4 is 0 Å². The van der Waals surface area contributed by atoms with Gasteiger partial charge in [0.25, 0.3) is 0 Å². The Bertz CT molecular complexity index is 237. The summed E-state index contributed by atoms with van der Waals surface area (Å²) in [6.07, 6.45) is 4.42. The van der Waals surface area contributed by atoms with Gasteiger partial charge in [-0.1, -0.05) is 25.6 Å². The van der Waals surface area contributed by atoms with Crippen LogP contribution >= 0.6 is 0 Å². The molecule has 60 valence electrons. The molecular formula is C9H13NO. The maximum atomic E-state index is 4.82. The second-order valence-corrected chi connectivity index (χ2v) is 3.03. The molecule has 0 aliphatic rings. The first kappa shape index (κ1) is 8.05. The lowest BCUT2D eigenvalue weighted by Crippen LogP contribution is -1.93. The normalized spacial score (nSPS) is 10.5. The lowest BCUT2D eigenvalue weighted by atomic mass is 10.0. The number of rotatable bonds is 3. The molecule has 0 fully saturated rings. The van der Waals surface area contributed by atoms with E-state index in [1.165, 1.54) is 0 Å². The molecule has 0 unspecified atom stereocenters. The van der Waals surface area contributed by atoms with Gasteiger partial charge >= 0.3 is 0 Å². The fourth-order valence-electron chi connectivity index (χ4n) is 1.03. The van der Waals surface area contributed by atoms with E-state index in [1.54, 1.807) is 12.3 Å². The average molecular weight is 151 g/mol. The van der Waals surface area contributed by atoms with Crippen LogP contribution in [0.1, 0.15) is 25.1 Å². The summed E-state index contributed by atoms with van der Waals surface area (Å²) < 4.78 is 4.82. The van der Waals surface area contributed by atoms with Crippen molar-refractivity contribution >= 4 is 6.08 Å². The van der Waals surface area contributed by atoms with E-state index in [1.807, 2.05) is 0 Å². The minimum absolute atomic E-state index is 0.632. The zero-order valence-electron chi connectivity index (χ0n) is 7.00. The zero-order chi connectivity index (χ0) is 8.27. The molecule has 0 aliphatic heterocycles. The standard InChI is InChI=1S/C9H13NO/c1-4-9-8(5-7(2)3)6-11-10-9/h4,6-7H,1,5H2,2-3H3. The maximum Gasteiger partial charge on any atom is 0.127 e. The quantitative estimate of drug-likeness (QED) is 0.663. The molecule has 11 heavy (non-hydrogen) atoms. The first-order chi connectivity index (χ1) is 5.24. The average Bonchev–Trinajstić information content (AvgIpc) is 2.34. The van der Waals surface area contributed by atoms with Crippen molar-refractivity contribution in [1.29, 1.82) is 0 Å².